The van der Waals surface area contributed by atoms with Gasteiger partial charge in [-0.25, -0.2) is 4.39 Å². The number of nitrogens with zero attached hydrogens (tertiary/aromatic N) is 2. The number of hydrogen-bond acceptors (Lipinski definition) is 2. The first kappa shape index (κ1) is 20.1. The van der Waals surface area contributed by atoms with Crippen molar-refractivity contribution in [2.24, 2.45) is 5.92 Å². The minimum absolute atomic E-state index is 0.0416. The molecule has 0 aliphatic heterocycles. The van der Waals surface area contributed by atoms with Crippen LogP contribution in [0.5, 0.6) is 0 Å². The maximum absolute atomic E-state index is 14.2. The van der Waals surface area contributed by atoms with Crippen molar-refractivity contribution >= 4 is 5.91 Å². The molecule has 142 valence electrons. The highest BCUT2D eigenvalue weighted by Crippen LogP contribution is 2.18. The van der Waals surface area contributed by atoms with Crippen LogP contribution in [-0.4, -0.2) is 21.7 Å². The van der Waals surface area contributed by atoms with E-state index in [2.05, 4.69) is 30.5 Å². The number of nitrogens with one attached hydrogen (secondary N) is 1. The summed E-state index contributed by atoms with van der Waals surface area (Å²) in [6, 6.07) is 4.80. The number of aromatic nitrogens is 2. The lowest BCUT2D eigenvalue weighted by Gasteiger charge is -2.14. The Morgan fingerprint density at radius 2 is 1.96 bits per heavy atom. The van der Waals surface area contributed by atoms with Crippen LogP contribution < -0.4 is 5.32 Å². The molecule has 1 heterocycles. The van der Waals surface area contributed by atoms with E-state index in [-0.39, 0.29) is 23.4 Å². The number of hydrogen-bond donors (Lipinski definition) is 1. The first-order valence-corrected chi connectivity index (χ1v) is 9.38. The molecule has 0 fully saturated rings. The Labute approximate surface area is 155 Å². The Morgan fingerprint density at radius 3 is 2.58 bits per heavy atom. The third kappa shape index (κ3) is 5.68. The zero-order valence-corrected chi connectivity index (χ0v) is 16.4. The Bertz CT molecular complexity index is 737. The van der Waals surface area contributed by atoms with Crippen LogP contribution in [0.2, 0.25) is 0 Å². The molecular weight excluding hydrogens is 329 g/mol. The maximum Gasteiger partial charge on any atom is 0.254 e. The van der Waals surface area contributed by atoms with E-state index in [0.29, 0.717) is 5.92 Å². The second kappa shape index (κ2) is 8.97. The van der Waals surface area contributed by atoms with Crippen molar-refractivity contribution in [3.8, 4) is 0 Å². The monoisotopic (exact) mass is 359 g/mol. The van der Waals surface area contributed by atoms with Gasteiger partial charge in [-0.1, -0.05) is 33.8 Å². The van der Waals surface area contributed by atoms with Gasteiger partial charge in [-0.05, 0) is 54.9 Å². The van der Waals surface area contributed by atoms with E-state index in [0.717, 1.165) is 30.5 Å². The van der Waals surface area contributed by atoms with Gasteiger partial charge in [0.25, 0.3) is 5.91 Å². The van der Waals surface area contributed by atoms with Gasteiger partial charge in [-0.2, -0.15) is 5.10 Å². The summed E-state index contributed by atoms with van der Waals surface area (Å²) in [6.07, 6.45) is 5.54. The first-order chi connectivity index (χ1) is 12.3. The van der Waals surface area contributed by atoms with Crippen molar-refractivity contribution in [3.63, 3.8) is 0 Å². The molecule has 1 amide bonds. The second-order valence-electron chi connectivity index (χ2n) is 7.77. The zero-order valence-electron chi connectivity index (χ0n) is 16.4. The SMILES string of the molecule is CC(C)Cn1cc(CCC(C)NC(=O)c2ccc(C(C)C)cc2F)cn1. The topological polar surface area (TPSA) is 46.9 Å². The number of carbonyl (C=O) groups is 1. The van der Waals surface area contributed by atoms with E-state index in [1.54, 1.807) is 6.07 Å². The molecule has 0 radical (unpaired) electrons. The summed E-state index contributed by atoms with van der Waals surface area (Å²) in [5.41, 5.74) is 2.15. The van der Waals surface area contributed by atoms with Gasteiger partial charge >= 0.3 is 0 Å². The van der Waals surface area contributed by atoms with Crippen molar-refractivity contribution < 1.29 is 9.18 Å². The summed E-state index contributed by atoms with van der Waals surface area (Å²) in [7, 11) is 0. The van der Waals surface area contributed by atoms with Gasteiger partial charge in [0, 0.05) is 18.8 Å². The first-order valence-electron chi connectivity index (χ1n) is 9.38. The Kier molecular flexibility index (Phi) is 6.95. The number of carbonyl (C=O) groups excluding carboxylic acids is 1. The van der Waals surface area contributed by atoms with Crippen molar-refractivity contribution in [3.05, 3.63) is 53.1 Å². The predicted molar refractivity (Wildman–Crippen MR) is 103 cm³/mol. The fourth-order valence-electron chi connectivity index (χ4n) is 2.84. The Hall–Kier alpha value is -2.17. The Morgan fingerprint density at radius 1 is 1.23 bits per heavy atom. The Balaban J connectivity index is 1.88. The van der Waals surface area contributed by atoms with Gasteiger partial charge in [-0.15, -0.1) is 0 Å². The summed E-state index contributed by atoms with van der Waals surface area (Å²) < 4.78 is 16.2. The average Bonchev–Trinajstić information content (AvgIpc) is 2.99. The van der Waals surface area contributed by atoms with E-state index < -0.39 is 5.82 Å². The summed E-state index contributed by atoms with van der Waals surface area (Å²) in [5, 5.41) is 7.25. The molecule has 1 aromatic heterocycles. The number of amides is 1. The molecule has 0 saturated heterocycles. The minimum atomic E-state index is -0.462. The van der Waals surface area contributed by atoms with E-state index in [9.17, 15) is 9.18 Å². The molecule has 26 heavy (non-hydrogen) atoms. The zero-order chi connectivity index (χ0) is 19.3. The third-order valence-corrected chi connectivity index (χ3v) is 4.39. The van der Waals surface area contributed by atoms with E-state index in [1.807, 2.05) is 37.7 Å². The molecule has 0 bridgehead atoms. The van der Waals surface area contributed by atoms with Gasteiger partial charge in [0.15, 0.2) is 0 Å². The minimum Gasteiger partial charge on any atom is -0.349 e. The highest BCUT2D eigenvalue weighted by atomic mass is 19.1. The highest BCUT2D eigenvalue weighted by Gasteiger charge is 2.15. The number of halogens is 1. The van der Waals surface area contributed by atoms with Gasteiger partial charge < -0.3 is 5.32 Å². The third-order valence-electron chi connectivity index (χ3n) is 4.39. The lowest BCUT2D eigenvalue weighted by atomic mass is 10.0. The summed E-state index contributed by atoms with van der Waals surface area (Å²) in [4.78, 5) is 12.3. The molecule has 0 spiro atoms. The fourth-order valence-corrected chi connectivity index (χ4v) is 2.84. The molecule has 2 aromatic rings. The average molecular weight is 359 g/mol. The van der Waals surface area contributed by atoms with Gasteiger partial charge in [0.2, 0.25) is 0 Å². The lowest BCUT2D eigenvalue weighted by molar-refractivity contribution is 0.0934. The molecular formula is C21H30FN3O. The molecule has 1 aromatic carbocycles. The standard InChI is InChI=1S/C21H30FN3O/c1-14(2)12-25-13-17(11-23-25)7-6-16(5)24-21(26)19-9-8-18(15(3)4)10-20(19)22/h8-11,13-16H,6-7,12H2,1-5H3,(H,24,26). The van der Waals surface area contributed by atoms with Crippen LogP contribution in [0.25, 0.3) is 0 Å². The summed E-state index contributed by atoms with van der Waals surface area (Å²) >= 11 is 0. The molecule has 1 N–H and O–H groups in total. The quantitative estimate of drug-likeness (QED) is 0.751. The van der Waals surface area contributed by atoms with Crippen molar-refractivity contribution in [2.45, 2.75) is 66.0 Å². The van der Waals surface area contributed by atoms with Gasteiger partial charge in [0.05, 0.1) is 11.8 Å². The second-order valence-corrected chi connectivity index (χ2v) is 7.77. The van der Waals surface area contributed by atoms with Crippen LogP contribution in [-0.2, 0) is 13.0 Å². The summed E-state index contributed by atoms with van der Waals surface area (Å²) in [5.74, 6) is -0.0354. The van der Waals surface area contributed by atoms with Crippen LogP contribution >= 0.6 is 0 Å². The number of rotatable bonds is 8. The molecule has 0 saturated carbocycles. The molecule has 0 aliphatic rings. The van der Waals surface area contributed by atoms with E-state index >= 15 is 0 Å². The molecule has 1 unspecified atom stereocenters. The van der Waals surface area contributed by atoms with Gasteiger partial charge in [-0.3, -0.25) is 9.48 Å². The van der Waals surface area contributed by atoms with Crippen LogP contribution in [0, 0.1) is 11.7 Å². The van der Waals surface area contributed by atoms with E-state index in [4.69, 9.17) is 0 Å². The molecule has 2 rings (SSSR count). The maximum atomic E-state index is 14.2. The lowest BCUT2D eigenvalue weighted by Crippen LogP contribution is -2.33. The predicted octanol–water partition coefficient (Wildman–Crippen LogP) is 4.55. The number of benzene rings is 1. The molecule has 4 nitrogen and oxygen atoms in total. The van der Waals surface area contributed by atoms with Crippen molar-refractivity contribution in [1.29, 1.82) is 0 Å². The van der Waals surface area contributed by atoms with Crippen LogP contribution in [0.3, 0.4) is 0 Å². The van der Waals surface area contributed by atoms with Crippen LogP contribution in [0.1, 0.15) is 68.4 Å². The molecule has 0 aliphatic carbocycles. The van der Waals surface area contributed by atoms with E-state index in [1.165, 1.54) is 6.07 Å². The number of aryl methyl sites for hydroxylation is 1. The largest absolute Gasteiger partial charge is 0.349 e. The normalized spacial score (nSPS) is 12.6. The smallest absolute Gasteiger partial charge is 0.254 e. The summed E-state index contributed by atoms with van der Waals surface area (Å²) in [6.45, 7) is 11.2. The van der Waals surface area contributed by atoms with Crippen molar-refractivity contribution in [2.75, 3.05) is 0 Å². The highest BCUT2D eigenvalue weighted by molar-refractivity contribution is 5.94. The van der Waals surface area contributed by atoms with Crippen molar-refractivity contribution in [1.82, 2.24) is 15.1 Å². The van der Waals surface area contributed by atoms with Crippen LogP contribution in [0.4, 0.5) is 4.39 Å². The van der Waals surface area contributed by atoms with Crippen LogP contribution in [0.15, 0.2) is 30.6 Å². The molecule has 1 atom stereocenters. The van der Waals surface area contributed by atoms with Gasteiger partial charge in [0.1, 0.15) is 5.82 Å². The molecule has 5 heteroatoms. The fraction of sp³-hybridized carbons (Fsp3) is 0.524.